The molecule has 2 rings (SSSR count). The highest BCUT2D eigenvalue weighted by Gasteiger charge is 2.32. The van der Waals surface area contributed by atoms with Crippen LogP contribution in [0.1, 0.15) is 18.0 Å². The van der Waals surface area contributed by atoms with Gasteiger partial charge in [0.25, 0.3) is 0 Å². The first-order valence-corrected chi connectivity index (χ1v) is 6.62. The van der Waals surface area contributed by atoms with E-state index in [9.17, 15) is 0 Å². The molecule has 1 aliphatic heterocycles. The lowest BCUT2D eigenvalue weighted by atomic mass is 9.94. The predicted octanol–water partition coefficient (Wildman–Crippen LogP) is 2.66. The summed E-state index contributed by atoms with van der Waals surface area (Å²) >= 11 is 3.55. The molecule has 1 N–H and O–H groups in total. The second-order valence-electron chi connectivity index (χ2n) is 4.59. The molecule has 3 heteroatoms. The molecule has 0 saturated carbocycles. The Hall–Kier alpha value is -0.380. The molecule has 1 aromatic carbocycles. The zero-order chi connectivity index (χ0) is 11.5. The third-order valence-electron chi connectivity index (χ3n) is 3.43. The quantitative estimate of drug-likeness (QED) is 0.917. The molecule has 0 bridgehead atoms. The first kappa shape index (κ1) is 12.1. The molecule has 88 valence electrons. The first-order chi connectivity index (χ1) is 7.72. The Morgan fingerprint density at radius 3 is 3.00 bits per heavy atom. The van der Waals surface area contributed by atoms with Crippen LogP contribution in [0.3, 0.4) is 0 Å². The van der Waals surface area contributed by atoms with E-state index in [0.717, 1.165) is 12.5 Å². The molecular formula is C13H19BrN2. The molecule has 1 aliphatic rings. The minimum atomic E-state index is 0.560. The van der Waals surface area contributed by atoms with Crippen molar-refractivity contribution >= 4 is 15.9 Å². The molecule has 1 heterocycles. The minimum absolute atomic E-state index is 0.560. The molecule has 2 nitrogen and oxygen atoms in total. The van der Waals surface area contributed by atoms with Crippen molar-refractivity contribution in [2.24, 2.45) is 5.92 Å². The Morgan fingerprint density at radius 2 is 2.31 bits per heavy atom. The van der Waals surface area contributed by atoms with E-state index in [-0.39, 0.29) is 0 Å². The summed E-state index contributed by atoms with van der Waals surface area (Å²) in [7, 11) is 4.26. The summed E-state index contributed by atoms with van der Waals surface area (Å²) in [5.41, 5.74) is 1.43. The van der Waals surface area contributed by atoms with Gasteiger partial charge in [-0.15, -0.1) is 0 Å². The third kappa shape index (κ3) is 2.47. The highest BCUT2D eigenvalue weighted by atomic mass is 79.9. The largest absolute Gasteiger partial charge is 0.319 e. The van der Waals surface area contributed by atoms with Crippen LogP contribution in [0.4, 0.5) is 0 Å². The number of nitrogens with zero attached hydrogens (tertiary/aromatic N) is 1. The van der Waals surface area contributed by atoms with Gasteiger partial charge in [-0.2, -0.15) is 0 Å². The van der Waals surface area contributed by atoms with Crippen molar-refractivity contribution in [3.05, 3.63) is 34.3 Å². The zero-order valence-electron chi connectivity index (χ0n) is 9.91. The van der Waals surface area contributed by atoms with Gasteiger partial charge < -0.3 is 5.32 Å². The fourth-order valence-electron chi connectivity index (χ4n) is 2.72. The summed E-state index contributed by atoms with van der Waals surface area (Å²) in [6.07, 6.45) is 1.29. The summed E-state index contributed by atoms with van der Waals surface area (Å²) in [6.45, 7) is 2.30. The molecular weight excluding hydrogens is 264 g/mol. The number of nitrogens with one attached hydrogen (secondary N) is 1. The fraction of sp³-hybridized carbons (Fsp3) is 0.538. The Kier molecular flexibility index (Phi) is 4.00. The van der Waals surface area contributed by atoms with E-state index in [0.29, 0.717) is 6.04 Å². The average molecular weight is 283 g/mol. The van der Waals surface area contributed by atoms with Crippen molar-refractivity contribution in [1.82, 2.24) is 10.2 Å². The van der Waals surface area contributed by atoms with Crippen LogP contribution < -0.4 is 5.32 Å². The van der Waals surface area contributed by atoms with Crippen molar-refractivity contribution < 1.29 is 0 Å². The van der Waals surface area contributed by atoms with Gasteiger partial charge in [0.15, 0.2) is 0 Å². The van der Waals surface area contributed by atoms with Gasteiger partial charge in [0.1, 0.15) is 0 Å². The van der Waals surface area contributed by atoms with E-state index in [2.05, 4.69) is 57.5 Å². The lowest BCUT2D eigenvalue weighted by molar-refractivity contribution is 0.274. The summed E-state index contributed by atoms with van der Waals surface area (Å²) in [6, 6.07) is 9.26. The second kappa shape index (κ2) is 5.30. The van der Waals surface area contributed by atoms with Crippen LogP contribution in [0.25, 0.3) is 0 Å². The van der Waals surface area contributed by atoms with E-state index < -0.39 is 0 Å². The van der Waals surface area contributed by atoms with Gasteiger partial charge in [-0.1, -0.05) is 28.1 Å². The average Bonchev–Trinajstić information content (AvgIpc) is 2.60. The minimum Gasteiger partial charge on any atom is -0.319 e. The molecule has 0 aromatic heterocycles. The number of hydrogen-bond donors (Lipinski definition) is 1. The standard InChI is InChI=1S/C13H19BrN2/c1-15-9-11-6-7-16(2)13(11)10-4-3-5-12(14)8-10/h3-5,8,11,13,15H,6-7,9H2,1-2H3. The molecule has 0 spiro atoms. The monoisotopic (exact) mass is 282 g/mol. The topological polar surface area (TPSA) is 15.3 Å². The molecule has 2 atom stereocenters. The van der Waals surface area contributed by atoms with Crippen molar-refractivity contribution in [2.45, 2.75) is 12.5 Å². The maximum Gasteiger partial charge on any atom is 0.0386 e. The maximum absolute atomic E-state index is 3.55. The van der Waals surface area contributed by atoms with E-state index in [1.54, 1.807) is 0 Å². The Labute approximate surface area is 106 Å². The smallest absolute Gasteiger partial charge is 0.0386 e. The van der Waals surface area contributed by atoms with Crippen molar-refractivity contribution in [3.8, 4) is 0 Å². The van der Waals surface area contributed by atoms with Crippen LogP contribution in [-0.2, 0) is 0 Å². The van der Waals surface area contributed by atoms with E-state index in [1.165, 1.54) is 23.0 Å². The van der Waals surface area contributed by atoms with Gasteiger partial charge in [0.05, 0.1) is 0 Å². The zero-order valence-corrected chi connectivity index (χ0v) is 11.5. The second-order valence-corrected chi connectivity index (χ2v) is 5.50. The number of benzene rings is 1. The number of hydrogen-bond acceptors (Lipinski definition) is 2. The Morgan fingerprint density at radius 1 is 1.50 bits per heavy atom. The third-order valence-corrected chi connectivity index (χ3v) is 3.92. The van der Waals surface area contributed by atoms with Gasteiger partial charge in [-0.25, -0.2) is 0 Å². The van der Waals surface area contributed by atoms with Crippen LogP contribution in [0.2, 0.25) is 0 Å². The predicted molar refractivity (Wildman–Crippen MR) is 71.5 cm³/mol. The fourth-order valence-corrected chi connectivity index (χ4v) is 3.14. The van der Waals surface area contributed by atoms with Crippen molar-refractivity contribution in [1.29, 1.82) is 0 Å². The van der Waals surface area contributed by atoms with Crippen molar-refractivity contribution in [2.75, 3.05) is 27.2 Å². The van der Waals surface area contributed by atoms with Crippen molar-refractivity contribution in [3.63, 3.8) is 0 Å². The number of rotatable bonds is 3. The lowest BCUT2D eigenvalue weighted by Crippen LogP contribution is -2.26. The van der Waals surface area contributed by atoms with Gasteiger partial charge in [-0.05, 0) is 57.2 Å². The van der Waals surface area contributed by atoms with E-state index >= 15 is 0 Å². The van der Waals surface area contributed by atoms with Gasteiger partial charge in [-0.3, -0.25) is 4.90 Å². The van der Waals surface area contributed by atoms with Crippen LogP contribution in [0.15, 0.2) is 28.7 Å². The van der Waals surface area contributed by atoms with Gasteiger partial charge in [0, 0.05) is 10.5 Å². The molecule has 1 aromatic rings. The van der Waals surface area contributed by atoms with Gasteiger partial charge in [0.2, 0.25) is 0 Å². The molecule has 0 amide bonds. The highest BCUT2D eigenvalue weighted by molar-refractivity contribution is 9.10. The normalized spacial score (nSPS) is 26.2. The lowest BCUT2D eigenvalue weighted by Gasteiger charge is -2.25. The van der Waals surface area contributed by atoms with Crippen LogP contribution >= 0.6 is 15.9 Å². The SMILES string of the molecule is CNCC1CCN(C)C1c1cccc(Br)c1. The van der Waals surface area contributed by atoms with Crippen LogP contribution in [-0.4, -0.2) is 32.1 Å². The molecule has 0 radical (unpaired) electrons. The van der Waals surface area contributed by atoms with E-state index in [4.69, 9.17) is 0 Å². The molecule has 1 saturated heterocycles. The summed E-state index contributed by atoms with van der Waals surface area (Å²) in [5.74, 6) is 0.726. The Balaban J connectivity index is 2.22. The maximum atomic E-state index is 3.55. The van der Waals surface area contributed by atoms with Gasteiger partial charge >= 0.3 is 0 Å². The van der Waals surface area contributed by atoms with Crippen LogP contribution in [0.5, 0.6) is 0 Å². The number of likely N-dealkylation sites (tertiary alicyclic amines) is 1. The summed E-state index contributed by atoms with van der Waals surface area (Å²) in [5, 5.41) is 3.31. The molecule has 16 heavy (non-hydrogen) atoms. The number of halogens is 1. The first-order valence-electron chi connectivity index (χ1n) is 5.82. The summed E-state index contributed by atoms with van der Waals surface area (Å²) in [4.78, 5) is 2.46. The molecule has 1 fully saturated rings. The van der Waals surface area contributed by atoms with E-state index in [1.807, 2.05) is 7.05 Å². The summed E-state index contributed by atoms with van der Waals surface area (Å²) < 4.78 is 1.17. The Bertz CT molecular complexity index is 352. The molecule has 0 aliphatic carbocycles. The van der Waals surface area contributed by atoms with Crippen LogP contribution in [0, 0.1) is 5.92 Å². The highest BCUT2D eigenvalue weighted by Crippen LogP contribution is 2.36. The molecule has 2 unspecified atom stereocenters.